The summed E-state index contributed by atoms with van der Waals surface area (Å²) in [5, 5.41) is 5.71. The quantitative estimate of drug-likeness (QED) is 0.786. The number of hydrogen-bond acceptors (Lipinski definition) is 3. The molecule has 26 heavy (non-hydrogen) atoms. The lowest BCUT2D eigenvalue weighted by atomic mass is 10.1. The molecular weight excluding hydrogens is 330 g/mol. The van der Waals surface area contributed by atoms with Gasteiger partial charge in [0.15, 0.2) is 0 Å². The summed E-state index contributed by atoms with van der Waals surface area (Å²) in [4.78, 5) is 38.5. The average Bonchev–Trinajstić information content (AvgIpc) is 3.08. The lowest BCUT2D eigenvalue weighted by Crippen LogP contribution is -2.46. The van der Waals surface area contributed by atoms with Crippen molar-refractivity contribution in [1.82, 2.24) is 10.2 Å². The second kappa shape index (κ2) is 9.36. The van der Waals surface area contributed by atoms with Crippen LogP contribution in [0.5, 0.6) is 0 Å². The largest absolute Gasteiger partial charge is 0.354 e. The third-order valence-electron chi connectivity index (χ3n) is 4.37. The molecule has 1 aromatic carbocycles. The number of carbonyl (C=O) groups excluding carboxylic acids is 3. The number of amides is 3. The number of benzene rings is 1. The summed E-state index contributed by atoms with van der Waals surface area (Å²) in [5.41, 5.74) is 1.20. The molecule has 6 heteroatoms. The number of carbonyl (C=O) groups is 3. The van der Waals surface area contributed by atoms with Crippen LogP contribution >= 0.6 is 0 Å². The Kier molecular flexibility index (Phi) is 7.18. The van der Waals surface area contributed by atoms with Crippen molar-refractivity contribution in [2.75, 3.05) is 18.4 Å². The summed E-state index contributed by atoms with van der Waals surface area (Å²) in [5.74, 6) is 0.0440. The molecule has 142 valence electrons. The Balaban J connectivity index is 2.00. The Bertz CT molecular complexity index is 640. The van der Waals surface area contributed by atoms with Crippen LogP contribution in [0.15, 0.2) is 24.3 Å². The molecule has 1 aliphatic heterocycles. The van der Waals surface area contributed by atoms with Gasteiger partial charge in [-0.15, -0.1) is 0 Å². The minimum absolute atomic E-state index is 0.0359. The Morgan fingerprint density at radius 2 is 1.88 bits per heavy atom. The smallest absolute Gasteiger partial charge is 0.254 e. The van der Waals surface area contributed by atoms with Crippen molar-refractivity contribution in [3.63, 3.8) is 0 Å². The fourth-order valence-electron chi connectivity index (χ4n) is 3.09. The van der Waals surface area contributed by atoms with Gasteiger partial charge in [-0.05, 0) is 49.4 Å². The van der Waals surface area contributed by atoms with E-state index < -0.39 is 0 Å². The van der Waals surface area contributed by atoms with E-state index in [0.29, 0.717) is 43.1 Å². The van der Waals surface area contributed by atoms with Crippen molar-refractivity contribution in [2.45, 2.75) is 52.5 Å². The SMILES string of the molecule is CCCNC(=O)[C@@H]1CCCN1C(=O)c1ccc(NC(=O)CC(C)C)cc1. The van der Waals surface area contributed by atoms with Crippen LogP contribution in [0, 0.1) is 5.92 Å². The topological polar surface area (TPSA) is 78.5 Å². The average molecular weight is 359 g/mol. The molecule has 0 radical (unpaired) electrons. The maximum atomic E-state index is 12.8. The Labute approximate surface area is 155 Å². The van der Waals surface area contributed by atoms with Crippen molar-refractivity contribution >= 4 is 23.4 Å². The van der Waals surface area contributed by atoms with Crippen LogP contribution in [0.2, 0.25) is 0 Å². The van der Waals surface area contributed by atoms with Crippen LogP contribution in [0.3, 0.4) is 0 Å². The van der Waals surface area contributed by atoms with Crippen molar-refractivity contribution in [1.29, 1.82) is 0 Å². The van der Waals surface area contributed by atoms with Crippen molar-refractivity contribution < 1.29 is 14.4 Å². The number of likely N-dealkylation sites (tertiary alicyclic amines) is 1. The van der Waals surface area contributed by atoms with E-state index in [0.717, 1.165) is 12.8 Å². The number of nitrogens with zero attached hydrogens (tertiary/aromatic N) is 1. The summed E-state index contributed by atoms with van der Waals surface area (Å²) in [6.45, 7) is 7.20. The van der Waals surface area contributed by atoms with E-state index in [1.165, 1.54) is 0 Å². The van der Waals surface area contributed by atoms with Gasteiger partial charge in [0.25, 0.3) is 5.91 Å². The molecular formula is C20H29N3O3. The lowest BCUT2D eigenvalue weighted by Gasteiger charge is -2.24. The van der Waals surface area contributed by atoms with E-state index in [1.54, 1.807) is 29.2 Å². The number of rotatable bonds is 7. The predicted molar refractivity (Wildman–Crippen MR) is 102 cm³/mol. The van der Waals surface area contributed by atoms with Gasteiger partial charge in [0.1, 0.15) is 6.04 Å². The molecule has 0 unspecified atom stereocenters. The van der Waals surface area contributed by atoms with Gasteiger partial charge < -0.3 is 15.5 Å². The highest BCUT2D eigenvalue weighted by atomic mass is 16.2. The van der Waals surface area contributed by atoms with Crippen molar-refractivity contribution in [3.8, 4) is 0 Å². The van der Waals surface area contributed by atoms with Crippen molar-refractivity contribution in [3.05, 3.63) is 29.8 Å². The van der Waals surface area contributed by atoms with Gasteiger partial charge in [-0.2, -0.15) is 0 Å². The van der Waals surface area contributed by atoms with Crippen molar-refractivity contribution in [2.24, 2.45) is 5.92 Å². The van der Waals surface area contributed by atoms with Crippen LogP contribution < -0.4 is 10.6 Å². The molecule has 0 spiro atoms. The first-order chi connectivity index (χ1) is 12.4. The summed E-state index contributed by atoms with van der Waals surface area (Å²) >= 11 is 0. The monoisotopic (exact) mass is 359 g/mol. The van der Waals surface area contributed by atoms with Gasteiger partial charge in [0.2, 0.25) is 11.8 Å². The van der Waals surface area contributed by atoms with E-state index in [2.05, 4.69) is 10.6 Å². The highest BCUT2D eigenvalue weighted by Crippen LogP contribution is 2.21. The zero-order valence-electron chi connectivity index (χ0n) is 15.9. The standard InChI is InChI=1S/C20H29N3O3/c1-4-11-21-19(25)17-6-5-12-23(17)20(26)15-7-9-16(10-8-15)22-18(24)13-14(2)3/h7-10,14,17H,4-6,11-13H2,1-3H3,(H,21,25)(H,22,24)/t17-/m0/s1. The van der Waals surface area contributed by atoms with Gasteiger partial charge in [0, 0.05) is 30.8 Å². The fraction of sp³-hybridized carbons (Fsp3) is 0.550. The van der Waals surface area contributed by atoms with Gasteiger partial charge in [-0.3, -0.25) is 14.4 Å². The van der Waals surface area contributed by atoms with Gasteiger partial charge in [-0.1, -0.05) is 20.8 Å². The molecule has 0 saturated carbocycles. The summed E-state index contributed by atoms with van der Waals surface area (Å²) in [6.07, 6.45) is 2.86. The summed E-state index contributed by atoms with van der Waals surface area (Å²) < 4.78 is 0. The highest BCUT2D eigenvalue weighted by molar-refractivity contribution is 5.98. The van der Waals surface area contributed by atoms with E-state index in [9.17, 15) is 14.4 Å². The minimum Gasteiger partial charge on any atom is -0.354 e. The van der Waals surface area contributed by atoms with Crippen LogP contribution in [-0.2, 0) is 9.59 Å². The molecule has 1 heterocycles. The molecule has 1 aromatic rings. The van der Waals surface area contributed by atoms with Gasteiger partial charge in [-0.25, -0.2) is 0 Å². The third kappa shape index (κ3) is 5.31. The maximum absolute atomic E-state index is 12.8. The summed E-state index contributed by atoms with van der Waals surface area (Å²) in [6, 6.07) is 6.47. The van der Waals surface area contributed by atoms with E-state index >= 15 is 0 Å². The first-order valence-corrected chi connectivity index (χ1v) is 9.41. The number of anilines is 1. The molecule has 0 aliphatic carbocycles. The number of hydrogen-bond donors (Lipinski definition) is 2. The highest BCUT2D eigenvalue weighted by Gasteiger charge is 2.34. The molecule has 6 nitrogen and oxygen atoms in total. The molecule has 1 fully saturated rings. The van der Waals surface area contributed by atoms with Gasteiger partial charge >= 0.3 is 0 Å². The maximum Gasteiger partial charge on any atom is 0.254 e. The Hall–Kier alpha value is -2.37. The summed E-state index contributed by atoms with van der Waals surface area (Å²) in [7, 11) is 0. The van der Waals surface area contributed by atoms with E-state index in [1.807, 2.05) is 20.8 Å². The van der Waals surface area contributed by atoms with E-state index in [4.69, 9.17) is 0 Å². The zero-order chi connectivity index (χ0) is 19.1. The predicted octanol–water partition coefficient (Wildman–Crippen LogP) is 2.80. The minimum atomic E-state index is -0.389. The molecule has 2 N–H and O–H groups in total. The second-order valence-corrected chi connectivity index (χ2v) is 7.17. The molecule has 3 amide bonds. The molecule has 1 atom stereocenters. The van der Waals surface area contributed by atoms with Crippen LogP contribution in [0.1, 0.15) is 56.8 Å². The third-order valence-corrected chi connectivity index (χ3v) is 4.37. The van der Waals surface area contributed by atoms with Crippen LogP contribution in [-0.4, -0.2) is 41.8 Å². The molecule has 1 aliphatic rings. The molecule has 2 rings (SSSR count). The fourth-order valence-corrected chi connectivity index (χ4v) is 3.09. The van der Waals surface area contributed by atoms with Crippen LogP contribution in [0.4, 0.5) is 5.69 Å². The molecule has 1 saturated heterocycles. The second-order valence-electron chi connectivity index (χ2n) is 7.17. The normalized spacial score (nSPS) is 16.6. The molecule has 0 aromatic heterocycles. The Morgan fingerprint density at radius 1 is 1.19 bits per heavy atom. The zero-order valence-corrected chi connectivity index (χ0v) is 15.9. The number of nitrogens with one attached hydrogen (secondary N) is 2. The molecule has 0 bridgehead atoms. The lowest BCUT2D eigenvalue weighted by molar-refractivity contribution is -0.124. The first-order valence-electron chi connectivity index (χ1n) is 9.41. The Morgan fingerprint density at radius 3 is 2.50 bits per heavy atom. The van der Waals surface area contributed by atoms with Crippen LogP contribution in [0.25, 0.3) is 0 Å². The van der Waals surface area contributed by atoms with E-state index in [-0.39, 0.29) is 23.8 Å². The van der Waals surface area contributed by atoms with Gasteiger partial charge in [0.05, 0.1) is 0 Å². The first kappa shape index (κ1) is 19.9.